The van der Waals surface area contributed by atoms with Crippen molar-refractivity contribution in [3.63, 3.8) is 0 Å². The number of carbonyl (C=O) groups excluding carboxylic acids is 2. The van der Waals surface area contributed by atoms with Crippen molar-refractivity contribution >= 4 is 56.4 Å². The van der Waals surface area contributed by atoms with E-state index in [9.17, 15) is 9.59 Å². The van der Waals surface area contributed by atoms with Crippen LogP contribution < -0.4 is 20.7 Å². The molecular formula is C19H20BrN3O4S. The minimum atomic E-state index is -0.413. The van der Waals surface area contributed by atoms with Crippen molar-refractivity contribution in [1.29, 1.82) is 0 Å². The molecule has 2 amide bonds. The summed E-state index contributed by atoms with van der Waals surface area (Å²) in [5, 5.41) is 8.34. The maximum atomic E-state index is 12.6. The van der Waals surface area contributed by atoms with Gasteiger partial charge in [0, 0.05) is 29.9 Å². The molecule has 0 unspecified atom stereocenters. The molecule has 0 aliphatic carbocycles. The van der Waals surface area contributed by atoms with Gasteiger partial charge in [-0.1, -0.05) is 22.0 Å². The second-order valence-electron chi connectivity index (χ2n) is 5.65. The molecule has 148 valence electrons. The highest BCUT2D eigenvalue weighted by Gasteiger charge is 2.15. The molecule has 0 saturated carbocycles. The minimum absolute atomic E-state index is 0.118. The number of methoxy groups -OCH3 is 1. The van der Waals surface area contributed by atoms with Crippen LogP contribution in [-0.2, 0) is 9.53 Å². The zero-order chi connectivity index (χ0) is 20.5. The van der Waals surface area contributed by atoms with E-state index >= 15 is 0 Å². The molecule has 28 heavy (non-hydrogen) atoms. The average molecular weight is 466 g/mol. The smallest absolute Gasteiger partial charge is 0.261 e. The van der Waals surface area contributed by atoms with Gasteiger partial charge in [-0.05, 0) is 48.6 Å². The predicted octanol–water partition coefficient (Wildman–Crippen LogP) is 3.56. The molecule has 2 aromatic carbocycles. The summed E-state index contributed by atoms with van der Waals surface area (Å²) in [4.78, 5) is 23.8. The number of halogens is 1. The standard InChI is InChI=1S/C19H20BrN3O4S/c1-12(24)21-14-4-3-5-15(11-14)22-19(28)23-18(25)16-10-13(20)6-7-17(16)27-9-8-26-2/h3-7,10-11H,8-9H2,1-2H3,(H,21,24)(H2,22,23,25,28). The molecule has 0 spiro atoms. The van der Waals surface area contributed by atoms with Crippen LogP contribution in [0, 0.1) is 0 Å². The van der Waals surface area contributed by atoms with E-state index < -0.39 is 5.91 Å². The Morgan fingerprint density at radius 3 is 2.46 bits per heavy atom. The zero-order valence-electron chi connectivity index (χ0n) is 15.4. The van der Waals surface area contributed by atoms with E-state index in [1.165, 1.54) is 6.92 Å². The van der Waals surface area contributed by atoms with Crippen LogP contribution in [0.2, 0.25) is 0 Å². The van der Waals surface area contributed by atoms with E-state index in [-0.39, 0.29) is 11.0 Å². The highest BCUT2D eigenvalue weighted by molar-refractivity contribution is 9.10. The number of nitrogens with one attached hydrogen (secondary N) is 3. The van der Waals surface area contributed by atoms with Gasteiger partial charge in [-0.15, -0.1) is 0 Å². The fraction of sp³-hybridized carbons (Fsp3) is 0.211. The van der Waals surface area contributed by atoms with Crippen LogP contribution in [0.3, 0.4) is 0 Å². The Kier molecular flexibility index (Phi) is 8.37. The largest absolute Gasteiger partial charge is 0.490 e. The number of carbonyl (C=O) groups is 2. The van der Waals surface area contributed by atoms with Gasteiger partial charge in [0.05, 0.1) is 12.2 Å². The van der Waals surface area contributed by atoms with Gasteiger partial charge in [0.15, 0.2) is 5.11 Å². The molecule has 0 heterocycles. The number of amides is 2. The normalized spacial score (nSPS) is 10.1. The van der Waals surface area contributed by atoms with E-state index in [1.807, 2.05) is 0 Å². The van der Waals surface area contributed by atoms with Gasteiger partial charge in [0.1, 0.15) is 12.4 Å². The number of ether oxygens (including phenoxy) is 2. The van der Waals surface area contributed by atoms with E-state index in [0.29, 0.717) is 35.9 Å². The first-order valence-electron chi connectivity index (χ1n) is 8.30. The minimum Gasteiger partial charge on any atom is -0.490 e. The van der Waals surface area contributed by atoms with Gasteiger partial charge >= 0.3 is 0 Å². The lowest BCUT2D eigenvalue weighted by Crippen LogP contribution is -2.34. The fourth-order valence-corrected chi connectivity index (χ4v) is 2.82. The van der Waals surface area contributed by atoms with Gasteiger partial charge in [0.2, 0.25) is 5.91 Å². The summed E-state index contributed by atoms with van der Waals surface area (Å²) in [5.74, 6) is -0.166. The monoisotopic (exact) mass is 465 g/mol. The summed E-state index contributed by atoms with van der Waals surface area (Å²) in [5.41, 5.74) is 1.58. The summed E-state index contributed by atoms with van der Waals surface area (Å²) < 4.78 is 11.3. The fourth-order valence-electron chi connectivity index (χ4n) is 2.25. The van der Waals surface area contributed by atoms with Crippen LogP contribution in [0.15, 0.2) is 46.9 Å². The second kappa shape index (κ2) is 10.7. The van der Waals surface area contributed by atoms with E-state index in [4.69, 9.17) is 21.7 Å². The van der Waals surface area contributed by atoms with Crippen molar-refractivity contribution in [2.75, 3.05) is 31.0 Å². The molecule has 9 heteroatoms. The van der Waals surface area contributed by atoms with Crippen molar-refractivity contribution in [3.05, 3.63) is 52.5 Å². The van der Waals surface area contributed by atoms with Crippen molar-refractivity contribution in [3.8, 4) is 5.75 Å². The number of thiocarbonyl (C=S) groups is 1. The Labute approximate surface area is 176 Å². The predicted molar refractivity (Wildman–Crippen MR) is 116 cm³/mol. The van der Waals surface area contributed by atoms with E-state index in [2.05, 4.69) is 31.9 Å². The molecule has 0 aliphatic heterocycles. The molecule has 0 aliphatic rings. The van der Waals surface area contributed by atoms with Gasteiger partial charge in [0.25, 0.3) is 5.91 Å². The quantitative estimate of drug-likeness (QED) is 0.427. The topological polar surface area (TPSA) is 88.7 Å². The number of hydrogen-bond donors (Lipinski definition) is 3. The van der Waals surface area contributed by atoms with Crippen molar-refractivity contribution < 1.29 is 19.1 Å². The summed E-state index contributed by atoms with van der Waals surface area (Å²) in [6.07, 6.45) is 0. The van der Waals surface area contributed by atoms with Gasteiger partial charge in [-0.3, -0.25) is 14.9 Å². The molecule has 0 bridgehead atoms. The Balaban J connectivity index is 2.05. The van der Waals surface area contributed by atoms with Crippen molar-refractivity contribution in [2.45, 2.75) is 6.92 Å². The third kappa shape index (κ3) is 6.91. The summed E-state index contributed by atoms with van der Waals surface area (Å²) >= 11 is 8.57. The number of benzene rings is 2. The maximum Gasteiger partial charge on any atom is 0.261 e. The lowest BCUT2D eigenvalue weighted by atomic mass is 10.2. The highest BCUT2D eigenvalue weighted by Crippen LogP contribution is 2.23. The first-order valence-corrected chi connectivity index (χ1v) is 9.50. The summed E-state index contributed by atoms with van der Waals surface area (Å²) in [7, 11) is 1.57. The molecule has 0 atom stereocenters. The van der Waals surface area contributed by atoms with Crippen LogP contribution in [0.5, 0.6) is 5.75 Å². The zero-order valence-corrected chi connectivity index (χ0v) is 17.8. The van der Waals surface area contributed by atoms with Gasteiger partial charge < -0.3 is 20.1 Å². The molecule has 2 rings (SSSR count). The lowest BCUT2D eigenvalue weighted by molar-refractivity contribution is -0.114. The molecule has 0 aromatic heterocycles. The van der Waals surface area contributed by atoms with E-state index in [0.717, 1.165) is 4.47 Å². The van der Waals surface area contributed by atoms with Gasteiger partial charge in [-0.25, -0.2) is 0 Å². The van der Waals surface area contributed by atoms with Gasteiger partial charge in [-0.2, -0.15) is 0 Å². The third-order valence-corrected chi connectivity index (χ3v) is 4.10. The maximum absolute atomic E-state index is 12.6. The van der Waals surface area contributed by atoms with Crippen LogP contribution in [0.25, 0.3) is 0 Å². The van der Waals surface area contributed by atoms with Crippen molar-refractivity contribution in [1.82, 2.24) is 5.32 Å². The Morgan fingerprint density at radius 2 is 1.79 bits per heavy atom. The SMILES string of the molecule is COCCOc1ccc(Br)cc1C(=O)NC(=S)Nc1cccc(NC(C)=O)c1. The third-order valence-electron chi connectivity index (χ3n) is 3.40. The molecule has 7 nitrogen and oxygen atoms in total. The highest BCUT2D eigenvalue weighted by atomic mass is 79.9. The Bertz CT molecular complexity index is 876. The van der Waals surface area contributed by atoms with E-state index in [1.54, 1.807) is 49.6 Å². The second-order valence-corrected chi connectivity index (χ2v) is 6.98. The molecule has 2 aromatic rings. The Morgan fingerprint density at radius 1 is 1.07 bits per heavy atom. The number of rotatable bonds is 7. The van der Waals surface area contributed by atoms with Crippen molar-refractivity contribution in [2.24, 2.45) is 0 Å². The van der Waals surface area contributed by atoms with Crippen LogP contribution >= 0.6 is 28.1 Å². The molecule has 3 N–H and O–H groups in total. The number of anilines is 2. The average Bonchev–Trinajstić information content (AvgIpc) is 2.62. The number of hydrogen-bond acceptors (Lipinski definition) is 5. The molecular weight excluding hydrogens is 446 g/mol. The van der Waals surface area contributed by atoms with Crippen LogP contribution in [0.4, 0.5) is 11.4 Å². The first-order chi connectivity index (χ1) is 13.4. The molecule has 0 saturated heterocycles. The first kappa shape index (κ1) is 21.8. The summed E-state index contributed by atoms with van der Waals surface area (Å²) in [6, 6.07) is 12.1. The summed E-state index contributed by atoms with van der Waals surface area (Å²) in [6.45, 7) is 2.15. The molecule has 0 radical (unpaired) electrons. The molecule has 0 fully saturated rings. The Hall–Kier alpha value is -2.49. The van der Waals surface area contributed by atoms with Crippen LogP contribution in [-0.4, -0.2) is 37.3 Å². The lowest BCUT2D eigenvalue weighted by Gasteiger charge is -2.14. The van der Waals surface area contributed by atoms with Crippen LogP contribution in [0.1, 0.15) is 17.3 Å².